The average molecular weight is 672 g/mol. The van der Waals surface area contributed by atoms with Gasteiger partial charge in [0.25, 0.3) is 0 Å². The number of hydrogen-bond donors (Lipinski definition) is 0. The molecule has 7 aromatic carbocycles. The number of furan rings is 1. The molecule has 4 aliphatic rings. The summed E-state index contributed by atoms with van der Waals surface area (Å²) in [5, 5.41) is 4.83. The number of nitrogens with zero attached hydrogens (tertiary/aromatic N) is 1. The topological polar surface area (TPSA) is 16.4 Å². The Morgan fingerprint density at radius 3 is 1.81 bits per heavy atom. The van der Waals surface area contributed by atoms with Gasteiger partial charge in [0.15, 0.2) is 0 Å². The van der Waals surface area contributed by atoms with E-state index in [9.17, 15) is 0 Å². The van der Waals surface area contributed by atoms with Gasteiger partial charge in [-0.15, -0.1) is 0 Å². The number of rotatable bonds is 6. The summed E-state index contributed by atoms with van der Waals surface area (Å²) < 4.78 is 6.44. The van der Waals surface area contributed by atoms with E-state index in [1.165, 1.54) is 77.2 Å². The van der Waals surface area contributed by atoms with Crippen LogP contribution in [-0.4, -0.2) is 0 Å². The van der Waals surface area contributed by atoms with Gasteiger partial charge in [-0.3, -0.25) is 0 Å². The third kappa shape index (κ3) is 4.84. The lowest BCUT2D eigenvalue weighted by atomic mass is 9.48. The molecule has 0 amide bonds. The first kappa shape index (κ1) is 30.1. The highest BCUT2D eigenvalue weighted by molar-refractivity contribution is 6.08. The maximum atomic E-state index is 6.44. The quantitative estimate of drug-likeness (QED) is 0.175. The van der Waals surface area contributed by atoms with Crippen molar-refractivity contribution in [2.75, 3.05) is 4.90 Å². The Labute approximate surface area is 305 Å². The van der Waals surface area contributed by atoms with Crippen molar-refractivity contribution in [1.29, 1.82) is 0 Å². The fraction of sp³-hybridized carbons (Fsp3) is 0.200. The summed E-state index contributed by atoms with van der Waals surface area (Å²) in [5.74, 6) is 2.78. The molecule has 1 heterocycles. The Balaban J connectivity index is 1.06. The van der Waals surface area contributed by atoms with E-state index in [2.05, 4.69) is 157 Å². The summed E-state index contributed by atoms with van der Waals surface area (Å²) in [5.41, 5.74) is 12.1. The predicted molar refractivity (Wildman–Crippen MR) is 217 cm³/mol. The molecule has 4 aliphatic carbocycles. The van der Waals surface area contributed by atoms with E-state index >= 15 is 0 Å². The molecule has 2 nitrogen and oxygen atoms in total. The van der Waals surface area contributed by atoms with E-state index in [0.29, 0.717) is 5.41 Å². The Kier molecular flexibility index (Phi) is 6.77. The Morgan fingerprint density at radius 2 is 1.06 bits per heavy atom. The largest absolute Gasteiger partial charge is 0.456 e. The fourth-order valence-corrected chi connectivity index (χ4v) is 11.0. The van der Waals surface area contributed by atoms with Gasteiger partial charge in [0, 0.05) is 33.9 Å². The van der Waals surface area contributed by atoms with Crippen molar-refractivity contribution in [3.63, 3.8) is 0 Å². The van der Waals surface area contributed by atoms with Crippen molar-refractivity contribution in [2.24, 2.45) is 17.8 Å². The molecule has 0 N–H and O–H groups in total. The number of hydrogen-bond acceptors (Lipinski definition) is 2. The predicted octanol–water partition coefficient (Wildman–Crippen LogP) is 14.0. The van der Waals surface area contributed by atoms with Gasteiger partial charge in [-0.1, -0.05) is 109 Å². The highest BCUT2D eigenvalue weighted by Crippen LogP contribution is 2.61. The zero-order chi connectivity index (χ0) is 34.2. The van der Waals surface area contributed by atoms with E-state index in [1.807, 2.05) is 6.07 Å². The summed E-state index contributed by atoms with van der Waals surface area (Å²) in [7, 11) is 0. The standard InChI is InChI=1S/C50H41NO/c1-2-9-36(10-3-1)43-16-7-11-37-12-8-17-44(49(37)43)38-13-6-14-41(28-38)51(42-23-24-46-45-15-4-5-18-47(45)52-48(46)29-42)40-21-19-39(20-22-40)50-30-33-25-34(31-50)27-35(26-33)32-50/h1-24,28-29,33-35H,25-27,30-32H2. The molecule has 4 fully saturated rings. The minimum atomic E-state index is 0.371. The van der Waals surface area contributed by atoms with Crippen LogP contribution in [0.15, 0.2) is 162 Å². The minimum Gasteiger partial charge on any atom is -0.456 e. The lowest BCUT2D eigenvalue weighted by Gasteiger charge is -2.57. The zero-order valence-corrected chi connectivity index (χ0v) is 29.3. The van der Waals surface area contributed by atoms with Crippen LogP contribution < -0.4 is 4.90 Å². The average Bonchev–Trinajstić information content (AvgIpc) is 3.56. The van der Waals surface area contributed by atoms with Gasteiger partial charge in [0.2, 0.25) is 0 Å². The van der Waals surface area contributed by atoms with Gasteiger partial charge < -0.3 is 9.32 Å². The molecule has 252 valence electrons. The van der Waals surface area contributed by atoms with E-state index in [1.54, 1.807) is 5.56 Å². The number of para-hydroxylation sites is 1. The zero-order valence-electron chi connectivity index (χ0n) is 29.3. The van der Waals surface area contributed by atoms with Crippen molar-refractivity contribution in [3.05, 3.63) is 163 Å². The second-order valence-corrected chi connectivity index (χ2v) is 16.0. The molecule has 0 radical (unpaired) electrons. The van der Waals surface area contributed by atoms with Crippen molar-refractivity contribution in [3.8, 4) is 22.3 Å². The van der Waals surface area contributed by atoms with E-state index in [4.69, 9.17) is 4.42 Å². The van der Waals surface area contributed by atoms with Crippen molar-refractivity contribution in [2.45, 2.75) is 43.9 Å². The second kappa shape index (κ2) is 11.7. The molecule has 2 heteroatoms. The third-order valence-electron chi connectivity index (χ3n) is 12.8. The molecule has 0 saturated heterocycles. The van der Waals surface area contributed by atoms with Gasteiger partial charge >= 0.3 is 0 Å². The van der Waals surface area contributed by atoms with Crippen molar-refractivity contribution < 1.29 is 4.42 Å². The van der Waals surface area contributed by atoms with Crippen molar-refractivity contribution >= 4 is 49.8 Å². The van der Waals surface area contributed by atoms with E-state index in [0.717, 1.165) is 51.1 Å². The third-order valence-corrected chi connectivity index (χ3v) is 12.8. The maximum absolute atomic E-state index is 6.44. The molecular weight excluding hydrogens is 631 g/mol. The summed E-state index contributed by atoms with van der Waals surface area (Å²) in [6, 6.07) is 58.0. The van der Waals surface area contributed by atoms with Crippen LogP contribution in [0.1, 0.15) is 44.1 Å². The molecule has 52 heavy (non-hydrogen) atoms. The lowest BCUT2D eigenvalue weighted by molar-refractivity contribution is -0.00518. The summed E-state index contributed by atoms with van der Waals surface area (Å²) >= 11 is 0. The highest BCUT2D eigenvalue weighted by Gasteiger charge is 2.51. The first-order chi connectivity index (χ1) is 25.7. The molecular formula is C50H41NO. The van der Waals surface area contributed by atoms with Crippen LogP contribution in [0.4, 0.5) is 17.1 Å². The van der Waals surface area contributed by atoms with E-state index in [-0.39, 0.29) is 0 Å². The highest BCUT2D eigenvalue weighted by atomic mass is 16.3. The Morgan fingerprint density at radius 1 is 0.462 bits per heavy atom. The summed E-state index contributed by atoms with van der Waals surface area (Å²) in [6.45, 7) is 0. The molecule has 0 unspecified atom stereocenters. The first-order valence-corrected chi connectivity index (χ1v) is 19.2. The molecule has 1 aromatic heterocycles. The van der Waals surface area contributed by atoms with Gasteiger partial charge in [-0.2, -0.15) is 0 Å². The molecule has 0 spiro atoms. The summed E-state index contributed by atoms with van der Waals surface area (Å²) in [4.78, 5) is 2.42. The smallest absolute Gasteiger partial charge is 0.137 e. The van der Waals surface area contributed by atoms with Crippen LogP contribution in [0.25, 0.3) is 55.0 Å². The van der Waals surface area contributed by atoms with Gasteiger partial charge in [0.05, 0.1) is 0 Å². The molecule has 4 saturated carbocycles. The SMILES string of the molecule is c1ccc(-c2cccc3cccc(-c4cccc(N(c5ccc(C67CC8CC(CC(C8)C6)C7)cc5)c5ccc6c(c5)oc5ccccc56)c4)c23)cc1. The normalized spacial score (nSPS) is 22.0. The van der Waals surface area contributed by atoms with Crippen LogP contribution in [0.5, 0.6) is 0 Å². The van der Waals surface area contributed by atoms with Gasteiger partial charge in [-0.05, 0) is 143 Å². The molecule has 12 rings (SSSR count). The van der Waals surface area contributed by atoms with Gasteiger partial charge in [-0.25, -0.2) is 0 Å². The van der Waals surface area contributed by atoms with Crippen LogP contribution in [0.3, 0.4) is 0 Å². The van der Waals surface area contributed by atoms with Crippen LogP contribution in [-0.2, 0) is 5.41 Å². The van der Waals surface area contributed by atoms with E-state index < -0.39 is 0 Å². The Bertz CT molecular complexity index is 2570. The van der Waals surface area contributed by atoms with Gasteiger partial charge in [0.1, 0.15) is 11.2 Å². The number of fused-ring (bicyclic) bond motifs is 4. The summed E-state index contributed by atoms with van der Waals surface area (Å²) in [6.07, 6.45) is 8.54. The monoisotopic (exact) mass is 671 g/mol. The van der Waals surface area contributed by atoms with Crippen LogP contribution in [0, 0.1) is 17.8 Å². The minimum absolute atomic E-state index is 0.371. The molecule has 4 bridgehead atoms. The first-order valence-electron chi connectivity index (χ1n) is 19.2. The molecule has 0 aliphatic heterocycles. The maximum Gasteiger partial charge on any atom is 0.137 e. The number of anilines is 3. The number of benzene rings is 7. The fourth-order valence-electron chi connectivity index (χ4n) is 11.0. The Hall–Kier alpha value is -5.60. The lowest BCUT2D eigenvalue weighted by Crippen LogP contribution is -2.48. The van der Waals surface area contributed by atoms with Crippen molar-refractivity contribution in [1.82, 2.24) is 0 Å². The van der Waals surface area contributed by atoms with Crippen LogP contribution in [0.2, 0.25) is 0 Å². The molecule has 0 atom stereocenters. The second-order valence-electron chi connectivity index (χ2n) is 16.0. The van der Waals surface area contributed by atoms with Crippen LogP contribution >= 0.6 is 0 Å². The molecule has 8 aromatic rings.